The van der Waals surface area contributed by atoms with Crippen molar-refractivity contribution < 1.29 is 9.13 Å². The maximum absolute atomic E-state index is 14.3. The predicted octanol–water partition coefficient (Wildman–Crippen LogP) is 7.25. The monoisotopic (exact) mass is 364 g/mol. The molecular formula is C22H30ClFO. The van der Waals surface area contributed by atoms with Crippen molar-refractivity contribution in [1.29, 1.82) is 0 Å². The van der Waals surface area contributed by atoms with Gasteiger partial charge in [0.25, 0.3) is 0 Å². The SMILES string of the molecule is CCC.COc1ccc(F)c(-c2ccc(CCl)cc2CC(C)(C)C)c1. The molecule has 2 aromatic rings. The summed E-state index contributed by atoms with van der Waals surface area (Å²) >= 11 is 5.95. The van der Waals surface area contributed by atoms with Crippen molar-refractivity contribution in [2.24, 2.45) is 5.41 Å². The van der Waals surface area contributed by atoms with Gasteiger partial charge in [0.2, 0.25) is 0 Å². The Morgan fingerprint density at radius 1 is 1.00 bits per heavy atom. The van der Waals surface area contributed by atoms with Crippen molar-refractivity contribution in [2.75, 3.05) is 7.11 Å². The second-order valence-corrected chi connectivity index (χ2v) is 7.68. The van der Waals surface area contributed by atoms with Crippen LogP contribution in [0, 0.1) is 11.2 Å². The zero-order valence-corrected chi connectivity index (χ0v) is 17.0. The van der Waals surface area contributed by atoms with Crippen molar-refractivity contribution in [1.82, 2.24) is 0 Å². The maximum Gasteiger partial charge on any atom is 0.131 e. The summed E-state index contributed by atoms with van der Waals surface area (Å²) in [6.45, 7) is 10.8. The molecule has 0 unspecified atom stereocenters. The highest BCUT2D eigenvalue weighted by Gasteiger charge is 2.17. The molecule has 0 saturated heterocycles. The van der Waals surface area contributed by atoms with E-state index < -0.39 is 0 Å². The van der Waals surface area contributed by atoms with Crippen molar-refractivity contribution >= 4 is 11.6 Å². The van der Waals surface area contributed by atoms with Crippen LogP contribution < -0.4 is 4.74 Å². The fourth-order valence-corrected chi connectivity index (χ4v) is 2.71. The average molecular weight is 365 g/mol. The van der Waals surface area contributed by atoms with E-state index in [4.69, 9.17) is 16.3 Å². The highest BCUT2D eigenvalue weighted by Crippen LogP contribution is 2.34. The topological polar surface area (TPSA) is 9.23 Å². The van der Waals surface area contributed by atoms with Gasteiger partial charge in [0.1, 0.15) is 11.6 Å². The van der Waals surface area contributed by atoms with Gasteiger partial charge in [-0.05, 0) is 46.7 Å². The number of alkyl halides is 1. The van der Waals surface area contributed by atoms with Gasteiger partial charge in [0.15, 0.2) is 0 Å². The molecule has 0 aromatic heterocycles. The Bertz CT molecular complexity index is 674. The zero-order chi connectivity index (χ0) is 19.0. The molecule has 3 heteroatoms. The van der Waals surface area contributed by atoms with E-state index in [1.807, 2.05) is 12.1 Å². The Morgan fingerprint density at radius 2 is 1.64 bits per heavy atom. The normalized spacial score (nSPS) is 10.9. The van der Waals surface area contributed by atoms with Crippen LogP contribution in [0.1, 0.15) is 52.2 Å². The number of methoxy groups -OCH3 is 1. The van der Waals surface area contributed by atoms with Crippen LogP contribution >= 0.6 is 11.6 Å². The van der Waals surface area contributed by atoms with E-state index >= 15 is 0 Å². The van der Waals surface area contributed by atoms with Gasteiger partial charge in [-0.15, -0.1) is 11.6 Å². The van der Waals surface area contributed by atoms with Crippen molar-refractivity contribution in [2.45, 2.75) is 53.3 Å². The smallest absolute Gasteiger partial charge is 0.131 e. The van der Waals surface area contributed by atoms with E-state index in [1.165, 1.54) is 12.5 Å². The van der Waals surface area contributed by atoms with Crippen molar-refractivity contribution in [3.63, 3.8) is 0 Å². The highest BCUT2D eigenvalue weighted by molar-refractivity contribution is 6.17. The van der Waals surface area contributed by atoms with E-state index in [9.17, 15) is 4.39 Å². The molecule has 0 aliphatic carbocycles. The summed E-state index contributed by atoms with van der Waals surface area (Å²) in [5, 5.41) is 0. The Kier molecular flexibility index (Phi) is 8.44. The second-order valence-electron chi connectivity index (χ2n) is 7.42. The molecule has 0 heterocycles. The first-order valence-corrected chi connectivity index (χ1v) is 9.30. The van der Waals surface area contributed by atoms with Gasteiger partial charge in [-0.1, -0.05) is 59.2 Å². The number of hydrogen-bond donors (Lipinski definition) is 0. The minimum Gasteiger partial charge on any atom is -0.497 e. The van der Waals surface area contributed by atoms with Gasteiger partial charge in [0.05, 0.1) is 7.11 Å². The molecule has 2 rings (SSSR count). The molecule has 0 amide bonds. The maximum atomic E-state index is 14.3. The minimum absolute atomic E-state index is 0.106. The first kappa shape index (κ1) is 21.5. The second kappa shape index (κ2) is 9.82. The van der Waals surface area contributed by atoms with Gasteiger partial charge >= 0.3 is 0 Å². The van der Waals surface area contributed by atoms with Crippen LogP contribution in [0.4, 0.5) is 4.39 Å². The third-order valence-electron chi connectivity index (χ3n) is 3.51. The standard InChI is InChI=1S/C19H22ClFO.C3H8/c1-19(2,3)11-14-9-13(12-20)5-7-16(14)17-10-15(22-4)6-8-18(17)21;1-3-2/h5-10H,11-12H2,1-4H3;3H2,1-2H3. The minimum atomic E-state index is -0.241. The van der Waals surface area contributed by atoms with Crippen LogP contribution in [-0.4, -0.2) is 7.11 Å². The molecule has 0 aliphatic rings. The summed E-state index contributed by atoms with van der Waals surface area (Å²) in [7, 11) is 1.59. The number of halogens is 2. The lowest BCUT2D eigenvalue weighted by atomic mass is 9.84. The van der Waals surface area contributed by atoms with Gasteiger partial charge in [0, 0.05) is 11.4 Å². The van der Waals surface area contributed by atoms with Crippen LogP contribution in [0.25, 0.3) is 11.1 Å². The predicted molar refractivity (Wildman–Crippen MR) is 107 cm³/mol. The Hall–Kier alpha value is -1.54. The molecule has 0 aliphatic heterocycles. The lowest BCUT2D eigenvalue weighted by molar-refractivity contribution is 0.411. The van der Waals surface area contributed by atoms with Crippen LogP contribution in [0.15, 0.2) is 36.4 Å². The quantitative estimate of drug-likeness (QED) is 0.519. The molecule has 0 atom stereocenters. The Morgan fingerprint density at radius 3 is 2.16 bits per heavy atom. The van der Waals surface area contributed by atoms with Crippen molar-refractivity contribution in [3.05, 3.63) is 53.3 Å². The molecule has 138 valence electrons. The third kappa shape index (κ3) is 6.70. The first-order chi connectivity index (χ1) is 11.8. The summed E-state index contributed by atoms with van der Waals surface area (Å²) in [5.41, 5.74) is 3.74. The lowest BCUT2D eigenvalue weighted by Crippen LogP contribution is -2.10. The van der Waals surface area contributed by atoms with Gasteiger partial charge in [-0.25, -0.2) is 4.39 Å². The first-order valence-electron chi connectivity index (χ1n) is 8.77. The lowest BCUT2D eigenvalue weighted by Gasteiger charge is -2.21. The van der Waals surface area contributed by atoms with E-state index in [0.717, 1.165) is 23.1 Å². The summed E-state index contributed by atoms with van der Waals surface area (Å²) in [6, 6.07) is 10.8. The Balaban J connectivity index is 0.000000970. The molecule has 0 fully saturated rings. The average Bonchev–Trinajstić information content (AvgIpc) is 2.55. The molecular weight excluding hydrogens is 335 g/mol. The summed E-state index contributed by atoms with van der Waals surface area (Å²) in [5.74, 6) is 0.868. The van der Waals surface area contributed by atoms with Gasteiger partial charge in [-0.2, -0.15) is 0 Å². The zero-order valence-electron chi connectivity index (χ0n) is 16.2. The molecule has 0 radical (unpaired) electrons. The summed E-state index contributed by atoms with van der Waals surface area (Å²) in [4.78, 5) is 0. The van der Waals surface area contributed by atoms with E-state index in [-0.39, 0.29) is 11.2 Å². The largest absolute Gasteiger partial charge is 0.497 e. The van der Waals surface area contributed by atoms with Crippen LogP contribution in [-0.2, 0) is 12.3 Å². The van der Waals surface area contributed by atoms with Crippen LogP contribution in [0.5, 0.6) is 5.75 Å². The number of rotatable bonds is 4. The molecule has 0 spiro atoms. The van der Waals surface area contributed by atoms with Crippen LogP contribution in [0.3, 0.4) is 0 Å². The fraction of sp³-hybridized carbons (Fsp3) is 0.455. The number of benzene rings is 2. The van der Waals surface area contributed by atoms with E-state index in [1.54, 1.807) is 19.2 Å². The molecule has 0 N–H and O–H groups in total. The highest BCUT2D eigenvalue weighted by atomic mass is 35.5. The van der Waals surface area contributed by atoms with Gasteiger partial charge in [-0.3, -0.25) is 0 Å². The molecule has 25 heavy (non-hydrogen) atoms. The molecule has 0 bridgehead atoms. The third-order valence-corrected chi connectivity index (χ3v) is 3.82. The van der Waals surface area contributed by atoms with E-state index in [2.05, 4.69) is 40.7 Å². The summed E-state index contributed by atoms with van der Waals surface area (Å²) < 4.78 is 19.5. The fourth-order valence-electron chi connectivity index (χ4n) is 2.55. The number of hydrogen-bond acceptors (Lipinski definition) is 1. The van der Waals surface area contributed by atoms with E-state index in [0.29, 0.717) is 17.2 Å². The van der Waals surface area contributed by atoms with Crippen LogP contribution in [0.2, 0.25) is 0 Å². The molecule has 2 aromatic carbocycles. The van der Waals surface area contributed by atoms with Crippen molar-refractivity contribution in [3.8, 4) is 16.9 Å². The molecule has 1 nitrogen and oxygen atoms in total. The molecule has 0 saturated carbocycles. The number of ether oxygens (including phenoxy) is 1. The Labute approximate surface area is 157 Å². The van der Waals surface area contributed by atoms with Gasteiger partial charge < -0.3 is 4.74 Å². The summed E-state index contributed by atoms with van der Waals surface area (Å²) in [6.07, 6.45) is 2.10.